The van der Waals surface area contributed by atoms with Gasteiger partial charge in [0.2, 0.25) is 0 Å². The molecule has 2 atom stereocenters. The second-order valence-corrected chi connectivity index (χ2v) is 12.2. The number of methoxy groups -OCH3 is 1. The Hall–Kier alpha value is -4.24. The van der Waals surface area contributed by atoms with Crippen molar-refractivity contribution in [2.24, 2.45) is 0 Å². The third-order valence-corrected chi connectivity index (χ3v) is 8.90. The fraction of sp³-hybridized carbons (Fsp3) is 0.444. The zero-order chi connectivity index (χ0) is 32.0. The van der Waals surface area contributed by atoms with Gasteiger partial charge in [-0.25, -0.2) is 4.79 Å². The summed E-state index contributed by atoms with van der Waals surface area (Å²) in [6, 6.07) is 20.7. The SMILES string of the molecule is CCC(CC)NC(=O)Nc1ccc(Oc2ccc(NC(=O)c3ccc(OC45CCCC(CC4)N5C(C)C)cc3)cc2)c(OC)c1. The summed E-state index contributed by atoms with van der Waals surface area (Å²) in [7, 11) is 1.55. The van der Waals surface area contributed by atoms with E-state index in [-0.39, 0.29) is 23.7 Å². The molecule has 2 heterocycles. The number of nitrogens with zero attached hydrogens (tertiary/aromatic N) is 1. The molecule has 0 saturated carbocycles. The van der Waals surface area contributed by atoms with Gasteiger partial charge < -0.3 is 30.2 Å². The summed E-state index contributed by atoms with van der Waals surface area (Å²) in [4.78, 5) is 27.9. The molecule has 2 saturated heterocycles. The molecule has 2 fully saturated rings. The minimum absolute atomic E-state index is 0.125. The number of benzene rings is 3. The van der Waals surface area contributed by atoms with E-state index in [1.54, 1.807) is 49.6 Å². The van der Waals surface area contributed by atoms with Crippen LogP contribution in [0, 0.1) is 0 Å². The number of amides is 3. The quantitative estimate of drug-likeness (QED) is 0.190. The van der Waals surface area contributed by atoms with Crippen molar-refractivity contribution >= 4 is 23.3 Å². The van der Waals surface area contributed by atoms with E-state index in [1.165, 1.54) is 19.3 Å². The van der Waals surface area contributed by atoms with Crippen LogP contribution in [0.1, 0.15) is 83.0 Å². The van der Waals surface area contributed by atoms with E-state index >= 15 is 0 Å². The maximum atomic E-state index is 13.0. The molecule has 9 nitrogen and oxygen atoms in total. The Bertz CT molecular complexity index is 1450. The molecule has 0 aromatic heterocycles. The van der Waals surface area contributed by atoms with Gasteiger partial charge in [-0.05, 0) is 107 Å². The first-order chi connectivity index (χ1) is 21.7. The smallest absolute Gasteiger partial charge is 0.319 e. The van der Waals surface area contributed by atoms with Crippen LogP contribution >= 0.6 is 0 Å². The van der Waals surface area contributed by atoms with Crippen molar-refractivity contribution in [2.75, 3.05) is 17.7 Å². The molecular weight excluding hydrogens is 568 g/mol. The van der Waals surface area contributed by atoms with Crippen molar-refractivity contribution in [3.05, 3.63) is 72.3 Å². The van der Waals surface area contributed by atoms with Gasteiger partial charge in [-0.3, -0.25) is 9.69 Å². The summed E-state index contributed by atoms with van der Waals surface area (Å²) in [6.07, 6.45) is 7.43. The van der Waals surface area contributed by atoms with Gasteiger partial charge in [-0.2, -0.15) is 0 Å². The lowest BCUT2D eigenvalue weighted by Crippen LogP contribution is -2.56. The summed E-state index contributed by atoms with van der Waals surface area (Å²) in [5, 5.41) is 8.75. The molecular formula is C36H46N4O5. The van der Waals surface area contributed by atoms with E-state index in [1.807, 2.05) is 38.1 Å². The first-order valence-corrected chi connectivity index (χ1v) is 16.2. The molecule has 0 aliphatic carbocycles. The largest absolute Gasteiger partial charge is 0.493 e. The van der Waals surface area contributed by atoms with Gasteiger partial charge in [0.05, 0.1) is 7.11 Å². The molecule has 0 spiro atoms. The highest BCUT2D eigenvalue weighted by atomic mass is 16.5. The molecule has 0 radical (unpaired) electrons. The zero-order valence-corrected chi connectivity index (χ0v) is 27.0. The predicted molar refractivity (Wildman–Crippen MR) is 178 cm³/mol. The number of nitrogens with one attached hydrogen (secondary N) is 3. The lowest BCUT2D eigenvalue weighted by Gasteiger charge is -2.46. The van der Waals surface area contributed by atoms with Crippen LogP contribution in [-0.4, -0.2) is 47.8 Å². The first-order valence-electron chi connectivity index (χ1n) is 16.2. The highest BCUT2D eigenvalue weighted by Crippen LogP contribution is 2.46. The summed E-state index contributed by atoms with van der Waals surface area (Å²) < 4.78 is 18.2. The summed E-state index contributed by atoms with van der Waals surface area (Å²) in [6.45, 7) is 8.58. The average Bonchev–Trinajstić information content (AvgIpc) is 3.26. The third kappa shape index (κ3) is 7.53. The van der Waals surface area contributed by atoms with Crippen molar-refractivity contribution < 1.29 is 23.8 Å². The number of fused-ring (bicyclic) bond motifs is 2. The number of carbonyl (C=O) groups excluding carboxylic acids is 2. The van der Waals surface area contributed by atoms with Crippen molar-refractivity contribution in [3.63, 3.8) is 0 Å². The highest BCUT2D eigenvalue weighted by Gasteiger charge is 2.51. The monoisotopic (exact) mass is 614 g/mol. The topological polar surface area (TPSA) is 101 Å². The van der Waals surface area contributed by atoms with Gasteiger partial charge in [0, 0.05) is 54.0 Å². The van der Waals surface area contributed by atoms with Crippen molar-refractivity contribution in [1.82, 2.24) is 10.2 Å². The number of piperidine rings is 1. The van der Waals surface area contributed by atoms with E-state index < -0.39 is 0 Å². The fourth-order valence-corrected chi connectivity index (χ4v) is 6.70. The second kappa shape index (κ2) is 14.2. The molecule has 240 valence electrons. The Morgan fingerprint density at radius 1 is 0.867 bits per heavy atom. The Kier molecular flexibility index (Phi) is 10.2. The van der Waals surface area contributed by atoms with Crippen LogP contribution < -0.4 is 30.2 Å². The van der Waals surface area contributed by atoms with Crippen molar-refractivity contribution in [2.45, 2.75) is 96.5 Å². The lowest BCUT2D eigenvalue weighted by molar-refractivity contribution is -0.113. The Morgan fingerprint density at radius 3 is 2.22 bits per heavy atom. The number of anilines is 2. The van der Waals surface area contributed by atoms with Gasteiger partial charge in [0.25, 0.3) is 5.91 Å². The van der Waals surface area contributed by atoms with E-state index in [4.69, 9.17) is 14.2 Å². The van der Waals surface area contributed by atoms with Crippen molar-refractivity contribution in [3.8, 4) is 23.0 Å². The van der Waals surface area contributed by atoms with Gasteiger partial charge in [-0.15, -0.1) is 0 Å². The van der Waals surface area contributed by atoms with Crippen LogP contribution in [0.5, 0.6) is 23.0 Å². The van der Waals surface area contributed by atoms with Gasteiger partial charge >= 0.3 is 6.03 Å². The fourth-order valence-electron chi connectivity index (χ4n) is 6.70. The molecule has 9 heteroatoms. The second-order valence-electron chi connectivity index (χ2n) is 12.2. The molecule has 2 aliphatic heterocycles. The number of rotatable bonds is 12. The molecule has 2 aliphatic rings. The number of hydrogen-bond donors (Lipinski definition) is 3. The molecule has 5 rings (SSSR count). The van der Waals surface area contributed by atoms with Crippen LogP contribution in [0.2, 0.25) is 0 Å². The van der Waals surface area contributed by atoms with Gasteiger partial charge in [0.15, 0.2) is 17.2 Å². The molecule has 45 heavy (non-hydrogen) atoms. The Labute approximate surface area is 266 Å². The van der Waals surface area contributed by atoms with Crippen LogP contribution in [-0.2, 0) is 0 Å². The van der Waals surface area contributed by atoms with Crippen LogP contribution in [0.15, 0.2) is 66.7 Å². The number of urea groups is 1. The highest BCUT2D eigenvalue weighted by molar-refractivity contribution is 6.04. The average molecular weight is 615 g/mol. The third-order valence-electron chi connectivity index (χ3n) is 8.90. The molecule has 3 amide bonds. The number of ether oxygens (including phenoxy) is 3. The molecule has 3 aromatic carbocycles. The first kappa shape index (κ1) is 32.2. The number of carbonyl (C=O) groups is 2. The van der Waals surface area contributed by atoms with E-state index in [0.717, 1.165) is 31.4 Å². The van der Waals surface area contributed by atoms with Crippen LogP contribution in [0.3, 0.4) is 0 Å². The normalized spacial score (nSPS) is 19.3. The predicted octanol–water partition coefficient (Wildman–Crippen LogP) is 8.18. The van der Waals surface area contributed by atoms with E-state index in [0.29, 0.717) is 46.3 Å². The van der Waals surface area contributed by atoms with E-state index in [2.05, 4.69) is 34.7 Å². The maximum Gasteiger partial charge on any atom is 0.319 e. The number of hydrogen-bond acceptors (Lipinski definition) is 6. The summed E-state index contributed by atoms with van der Waals surface area (Å²) >= 11 is 0. The molecule has 2 unspecified atom stereocenters. The van der Waals surface area contributed by atoms with Crippen LogP contribution in [0.25, 0.3) is 0 Å². The standard InChI is InChI=1S/C36H46N4O5/c1-6-26(7-2)38-35(42)39-28-14-19-32(33(23-28)43-5)44-30-17-12-27(13-18-30)37-34(41)25-10-15-31(16-11-25)45-36-21-8-9-29(20-22-36)40(36)24(3)4/h10-19,23-24,26,29H,6-9,20-22H2,1-5H3,(H,37,41)(H2,38,39,42). The minimum Gasteiger partial charge on any atom is -0.493 e. The minimum atomic E-state index is -0.259. The van der Waals surface area contributed by atoms with Gasteiger partial charge in [-0.1, -0.05) is 13.8 Å². The lowest BCUT2D eigenvalue weighted by atomic mass is 9.97. The molecule has 3 aromatic rings. The van der Waals surface area contributed by atoms with Gasteiger partial charge in [0.1, 0.15) is 11.5 Å². The summed E-state index contributed by atoms with van der Waals surface area (Å²) in [5.74, 6) is 2.15. The Balaban J connectivity index is 1.16. The summed E-state index contributed by atoms with van der Waals surface area (Å²) in [5.41, 5.74) is 1.56. The zero-order valence-electron chi connectivity index (χ0n) is 27.0. The van der Waals surface area contributed by atoms with E-state index in [9.17, 15) is 9.59 Å². The Morgan fingerprint density at radius 2 is 1.56 bits per heavy atom. The molecule has 3 N–H and O–H groups in total. The molecule has 2 bridgehead atoms. The van der Waals surface area contributed by atoms with Crippen LogP contribution in [0.4, 0.5) is 16.2 Å². The maximum absolute atomic E-state index is 13.0. The van der Waals surface area contributed by atoms with Crippen molar-refractivity contribution in [1.29, 1.82) is 0 Å².